The molecule has 0 aliphatic carbocycles. The van der Waals surface area contributed by atoms with Gasteiger partial charge in [-0.05, 0) is 38.3 Å². The molecule has 1 aromatic rings. The van der Waals surface area contributed by atoms with Gasteiger partial charge in [-0.2, -0.15) is 0 Å². The predicted octanol–water partition coefficient (Wildman–Crippen LogP) is 1.60. The van der Waals surface area contributed by atoms with Crippen LogP contribution >= 0.6 is 11.3 Å². The molecule has 1 saturated heterocycles. The number of thiophene rings is 1. The Morgan fingerprint density at radius 1 is 1.60 bits per heavy atom. The molecule has 1 aliphatic rings. The molecule has 2 heterocycles. The van der Waals surface area contributed by atoms with Gasteiger partial charge in [-0.25, -0.2) is 17.9 Å². The van der Waals surface area contributed by atoms with Gasteiger partial charge < -0.3 is 9.84 Å². The Balaban J connectivity index is 2.14. The van der Waals surface area contributed by atoms with Crippen molar-refractivity contribution in [2.24, 2.45) is 0 Å². The van der Waals surface area contributed by atoms with Crippen molar-refractivity contribution in [3.8, 4) is 0 Å². The summed E-state index contributed by atoms with van der Waals surface area (Å²) in [5.74, 6) is -1.11. The van der Waals surface area contributed by atoms with Crippen molar-refractivity contribution < 1.29 is 23.1 Å². The van der Waals surface area contributed by atoms with E-state index in [-0.39, 0.29) is 15.6 Å². The number of hydrogen-bond acceptors (Lipinski definition) is 5. The standard InChI is InChI=1S/C12H17NO5S2/c1-8-6-9(19-10(8)11(14)15)20(16,17)13-7-12(2)4-3-5-18-12/h6,13H,3-5,7H2,1-2H3,(H,14,15). The molecule has 0 bridgehead atoms. The second kappa shape index (κ2) is 5.44. The summed E-state index contributed by atoms with van der Waals surface area (Å²) in [6.45, 7) is 4.28. The Hall–Kier alpha value is -0.960. The van der Waals surface area contributed by atoms with Crippen LogP contribution in [0, 0.1) is 6.92 Å². The fraction of sp³-hybridized carbons (Fsp3) is 0.583. The van der Waals surface area contributed by atoms with Crippen LogP contribution in [0.25, 0.3) is 0 Å². The summed E-state index contributed by atoms with van der Waals surface area (Å²) in [4.78, 5) is 11.0. The molecule has 0 aromatic carbocycles. The van der Waals surface area contributed by atoms with E-state index < -0.39 is 21.6 Å². The highest BCUT2D eigenvalue weighted by atomic mass is 32.2. The molecule has 8 heteroatoms. The van der Waals surface area contributed by atoms with Gasteiger partial charge >= 0.3 is 5.97 Å². The molecule has 1 unspecified atom stereocenters. The fourth-order valence-electron chi connectivity index (χ4n) is 2.09. The summed E-state index contributed by atoms with van der Waals surface area (Å²) in [6.07, 6.45) is 1.72. The van der Waals surface area contributed by atoms with Gasteiger partial charge in [0.1, 0.15) is 9.09 Å². The number of carboxylic acid groups (broad SMARTS) is 1. The van der Waals surface area contributed by atoms with Gasteiger partial charge in [-0.1, -0.05) is 0 Å². The Labute approximate surface area is 121 Å². The van der Waals surface area contributed by atoms with Crippen molar-refractivity contribution in [3.63, 3.8) is 0 Å². The van der Waals surface area contributed by atoms with Gasteiger partial charge in [0.05, 0.1) is 5.60 Å². The minimum atomic E-state index is -3.70. The van der Waals surface area contributed by atoms with Gasteiger partial charge in [0.25, 0.3) is 0 Å². The van der Waals surface area contributed by atoms with Crippen LogP contribution in [-0.4, -0.2) is 38.2 Å². The zero-order chi connectivity index (χ0) is 15.0. The maximum absolute atomic E-state index is 12.2. The summed E-state index contributed by atoms with van der Waals surface area (Å²) < 4.78 is 32.4. The number of carbonyl (C=O) groups is 1. The monoisotopic (exact) mass is 319 g/mol. The van der Waals surface area contributed by atoms with Crippen LogP contribution in [0.1, 0.15) is 35.0 Å². The van der Waals surface area contributed by atoms with Crippen molar-refractivity contribution in [2.45, 2.75) is 36.5 Å². The molecule has 6 nitrogen and oxygen atoms in total. The van der Waals surface area contributed by atoms with Crippen molar-refractivity contribution in [3.05, 3.63) is 16.5 Å². The van der Waals surface area contributed by atoms with Gasteiger partial charge in [-0.15, -0.1) is 11.3 Å². The van der Waals surface area contributed by atoms with Crippen LogP contribution in [0.4, 0.5) is 0 Å². The first-order valence-corrected chi connectivity index (χ1v) is 8.51. The molecule has 0 spiro atoms. The topological polar surface area (TPSA) is 92.7 Å². The minimum Gasteiger partial charge on any atom is -0.477 e. The van der Waals surface area contributed by atoms with E-state index in [0.29, 0.717) is 12.2 Å². The molecule has 0 amide bonds. The molecule has 112 valence electrons. The molecule has 20 heavy (non-hydrogen) atoms. The summed E-state index contributed by atoms with van der Waals surface area (Å²) in [5, 5.41) is 8.96. The minimum absolute atomic E-state index is 0.0222. The number of sulfonamides is 1. The smallest absolute Gasteiger partial charge is 0.346 e. The second-order valence-electron chi connectivity index (χ2n) is 5.11. The number of hydrogen-bond donors (Lipinski definition) is 2. The summed E-state index contributed by atoms with van der Waals surface area (Å²) in [7, 11) is -3.70. The normalized spacial score (nSPS) is 23.1. The average molecular weight is 319 g/mol. The van der Waals surface area contributed by atoms with Crippen LogP contribution < -0.4 is 4.72 Å². The van der Waals surface area contributed by atoms with Crippen LogP contribution in [0.2, 0.25) is 0 Å². The van der Waals surface area contributed by atoms with Crippen molar-refractivity contribution in [2.75, 3.05) is 13.2 Å². The number of nitrogens with one attached hydrogen (secondary N) is 1. The van der Waals surface area contributed by atoms with Crippen molar-refractivity contribution >= 4 is 27.3 Å². The van der Waals surface area contributed by atoms with E-state index in [4.69, 9.17) is 9.84 Å². The first-order valence-electron chi connectivity index (χ1n) is 6.21. The molecule has 2 N–H and O–H groups in total. The van der Waals surface area contributed by atoms with Crippen LogP contribution in [0.15, 0.2) is 10.3 Å². The maximum Gasteiger partial charge on any atom is 0.346 e. The highest BCUT2D eigenvalue weighted by Gasteiger charge is 2.32. The first-order chi connectivity index (χ1) is 9.23. The van der Waals surface area contributed by atoms with E-state index in [2.05, 4.69) is 4.72 Å². The van der Waals surface area contributed by atoms with Crippen molar-refractivity contribution in [1.82, 2.24) is 4.72 Å². The number of carboxylic acids is 1. The number of rotatable bonds is 5. The van der Waals surface area contributed by atoms with E-state index in [1.807, 2.05) is 6.92 Å². The molecule has 1 fully saturated rings. The van der Waals surface area contributed by atoms with Gasteiger partial charge in [-0.3, -0.25) is 0 Å². The highest BCUT2D eigenvalue weighted by Crippen LogP contribution is 2.28. The lowest BCUT2D eigenvalue weighted by Gasteiger charge is -2.22. The van der Waals surface area contributed by atoms with Crippen LogP contribution in [0.5, 0.6) is 0 Å². The maximum atomic E-state index is 12.2. The zero-order valence-corrected chi connectivity index (χ0v) is 12.9. The third-order valence-corrected chi connectivity index (χ3v) is 6.39. The van der Waals surface area contributed by atoms with E-state index in [0.717, 1.165) is 24.2 Å². The average Bonchev–Trinajstić information content (AvgIpc) is 2.94. The van der Waals surface area contributed by atoms with E-state index in [1.165, 1.54) is 6.07 Å². The number of aromatic carboxylic acids is 1. The van der Waals surface area contributed by atoms with Gasteiger partial charge in [0, 0.05) is 13.2 Å². The lowest BCUT2D eigenvalue weighted by atomic mass is 10.0. The molecule has 0 saturated carbocycles. The van der Waals surface area contributed by atoms with Crippen molar-refractivity contribution in [1.29, 1.82) is 0 Å². The molecular weight excluding hydrogens is 302 g/mol. The molecule has 1 aliphatic heterocycles. The van der Waals surface area contributed by atoms with Gasteiger partial charge in [0.2, 0.25) is 10.0 Å². The van der Waals surface area contributed by atoms with Gasteiger partial charge in [0.15, 0.2) is 0 Å². The lowest BCUT2D eigenvalue weighted by Crippen LogP contribution is -2.39. The molecular formula is C12H17NO5S2. The third kappa shape index (κ3) is 3.20. The number of ether oxygens (including phenoxy) is 1. The van der Waals surface area contributed by atoms with Crippen LogP contribution in [0.3, 0.4) is 0 Å². The Morgan fingerprint density at radius 2 is 2.30 bits per heavy atom. The lowest BCUT2D eigenvalue weighted by molar-refractivity contribution is 0.0250. The molecule has 1 atom stereocenters. The zero-order valence-electron chi connectivity index (χ0n) is 11.3. The summed E-state index contributed by atoms with van der Waals surface area (Å²) >= 11 is 0.765. The number of aryl methyl sites for hydroxylation is 1. The third-order valence-electron chi connectivity index (χ3n) is 3.29. The fourth-order valence-corrected chi connectivity index (χ4v) is 4.67. The summed E-state index contributed by atoms with van der Waals surface area (Å²) in [6, 6.07) is 1.38. The molecule has 2 rings (SSSR count). The van der Waals surface area contributed by atoms with E-state index >= 15 is 0 Å². The summed E-state index contributed by atoms with van der Waals surface area (Å²) in [5.41, 5.74) is -0.0270. The van der Waals surface area contributed by atoms with Crippen LogP contribution in [-0.2, 0) is 14.8 Å². The SMILES string of the molecule is Cc1cc(S(=O)(=O)NCC2(C)CCCO2)sc1C(=O)O. The Morgan fingerprint density at radius 3 is 2.80 bits per heavy atom. The largest absolute Gasteiger partial charge is 0.477 e. The Kier molecular flexibility index (Phi) is 4.19. The highest BCUT2D eigenvalue weighted by molar-refractivity contribution is 7.91. The van der Waals surface area contributed by atoms with E-state index in [9.17, 15) is 13.2 Å². The predicted molar refractivity (Wildman–Crippen MR) is 74.8 cm³/mol. The first kappa shape index (κ1) is 15.4. The molecule has 0 radical (unpaired) electrons. The van der Waals surface area contributed by atoms with E-state index in [1.54, 1.807) is 6.92 Å². The molecule has 1 aromatic heterocycles. The second-order valence-corrected chi connectivity index (χ2v) is 8.16. The quantitative estimate of drug-likeness (QED) is 0.860. The Bertz CT molecular complexity index is 614.